The summed E-state index contributed by atoms with van der Waals surface area (Å²) < 4.78 is 14.3. The number of anilines is 1. The van der Waals surface area contributed by atoms with Gasteiger partial charge in [-0.2, -0.15) is 0 Å². The molecule has 2 aromatic carbocycles. The number of nitrogens with zero attached hydrogens (tertiary/aromatic N) is 3. The van der Waals surface area contributed by atoms with Crippen LogP contribution in [-0.4, -0.2) is 15.9 Å². The molecule has 6 heteroatoms. The molecular formula is C21H16FN3OS. The second kappa shape index (κ2) is 7.25. The van der Waals surface area contributed by atoms with E-state index in [1.807, 2.05) is 31.2 Å². The highest BCUT2D eigenvalue weighted by atomic mass is 32.1. The molecule has 0 spiro atoms. The summed E-state index contributed by atoms with van der Waals surface area (Å²) in [4.78, 5) is 23.5. The van der Waals surface area contributed by atoms with Crippen LogP contribution in [0.25, 0.3) is 10.2 Å². The maximum absolute atomic E-state index is 13.3. The van der Waals surface area contributed by atoms with Gasteiger partial charge in [0.15, 0.2) is 5.13 Å². The van der Waals surface area contributed by atoms with Crippen molar-refractivity contribution in [3.63, 3.8) is 0 Å². The molecule has 0 fully saturated rings. The molecule has 27 heavy (non-hydrogen) atoms. The number of aromatic nitrogens is 2. The fourth-order valence-electron chi connectivity index (χ4n) is 2.78. The first-order chi connectivity index (χ1) is 13.1. The molecule has 0 aliphatic rings. The largest absolute Gasteiger partial charge is 0.279 e. The van der Waals surface area contributed by atoms with E-state index in [2.05, 4.69) is 16.0 Å². The molecule has 0 N–H and O–H groups in total. The van der Waals surface area contributed by atoms with Crippen molar-refractivity contribution in [1.29, 1.82) is 0 Å². The van der Waals surface area contributed by atoms with E-state index >= 15 is 0 Å². The Hall–Kier alpha value is -3.12. The van der Waals surface area contributed by atoms with Crippen LogP contribution in [0.15, 0.2) is 67.0 Å². The van der Waals surface area contributed by atoms with E-state index in [1.165, 1.54) is 35.6 Å². The summed E-state index contributed by atoms with van der Waals surface area (Å²) in [5, 5.41) is 0.605. The lowest BCUT2D eigenvalue weighted by atomic mass is 10.2. The minimum Gasteiger partial charge on any atom is -0.279 e. The van der Waals surface area contributed by atoms with Gasteiger partial charge in [-0.15, -0.1) is 0 Å². The lowest BCUT2D eigenvalue weighted by molar-refractivity contribution is 0.0985. The highest BCUT2D eigenvalue weighted by Gasteiger charge is 2.22. The van der Waals surface area contributed by atoms with E-state index in [0.717, 1.165) is 21.3 Å². The molecular weight excluding hydrogens is 361 g/mol. The van der Waals surface area contributed by atoms with E-state index < -0.39 is 0 Å². The number of hydrogen-bond donors (Lipinski definition) is 0. The average Bonchev–Trinajstić information content (AvgIpc) is 3.10. The number of fused-ring (bicyclic) bond motifs is 1. The van der Waals surface area contributed by atoms with Crippen molar-refractivity contribution in [2.75, 3.05) is 4.90 Å². The van der Waals surface area contributed by atoms with Crippen molar-refractivity contribution < 1.29 is 9.18 Å². The Balaban J connectivity index is 1.76. The molecule has 0 bridgehead atoms. The maximum atomic E-state index is 13.3. The van der Waals surface area contributed by atoms with E-state index in [-0.39, 0.29) is 11.7 Å². The van der Waals surface area contributed by atoms with Crippen LogP contribution in [0.5, 0.6) is 0 Å². The maximum Gasteiger partial charge on any atom is 0.260 e. The summed E-state index contributed by atoms with van der Waals surface area (Å²) >= 11 is 1.46. The van der Waals surface area contributed by atoms with Crippen LogP contribution < -0.4 is 4.90 Å². The number of halogens is 1. The van der Waals surface area contributed by atoms with Crippen molar-refractivity contribution >= 4 is 32.6 Å². The second-order valence-electron chi connectivity index (χ2n) is 6.23. The number of thiazole rings is 1. The second-order valence-corrected chi connectivity index (χ2v) is 7.24. The van der Waals surface area contributed by atoms with Crippen LogP contribution in [0.2, 0.25) is 0 Å². The summed E-state index contributed by atoms with van der Waals surface area (Å²) in [5.41, 5.74) is 3.30. The number of benzene rings is 2. The van der Waals surface area contributed by atoms with Gasteiger partial charge < -0.3 is 0 Å². The number of aryl methyl sites for hydroxylation is 1. The van der Waals surface area contributed by atoms with Crippen LogP contribution >= 0.6 is 11.3 Å². The first kappa shape index (κ1) is 17.3. The van der Waals surface area contributed by atoms with E-state index in [0.29, 0.717) is 17.2 Å². The van der Waals surface area contributed by atoms with Gasteiger partial charge in [0.25, 0.3) is 5.91 Å². The summed E-state index contributed by atoms with van der Waals surface area (Å²) in [6.45, 7) is 2.36. The number of carbonyl (C=O) groups is 1. The predicted octanol–water partition coefficient (Wildman–Crippen LogP) is 4.99. The molecule has 4 rings (SSSR count). The van der Waals surface area contributed by atoms with Crippen molar-refractivity contribution in [2.24, 2.45) is 0 Å². The minimum atomic E-state index is -0.374. The standard InChI is InChI=1S/C21H16FN3OS/c1-14-4-9-18-19(11-14)27-21(24-18)25(13-15-3-2-10-23-12-15)20(26)16-5-7-17(22)8-6-16/h2-12H,13H2,1H3. The summed E-state index contributed by atoms with van der Waals surface area (Å²) in [7, 11) is 0. The molecule has 0 atom stereocenters. The molecule has 0 aliphatic carbocycles. The molecule has 2 aromatic heterocycles. The van der Waals surface area contributed by atoms with Gasteiger partial charge in [0.1, 0.15) is 5.82 Å². The Kier molecular flexibility index (Phi) is 4.64. The Morgan fingerprint density at radius 3 is 2.70 bits per heavy atom. The van der Waals surface area contributed by atoms with Gasteiger partial charge in [-0.1, -0.05) is 23.5 Å². The highest BCUT2D eigenvalue weighted by molar-refractivity contribution is 7.22. The van der Waals surface area contributed by atoms with Gasteiger partial charge in [0.05, 0.1) is 16.8 Å². The zero-order valence-corrected chi connectivity index (χ0v) is 15.4. The van der Waals surface area contributed by atoms with E-state index in [4.69, 9.17) is 0 Å². The monoisotopic (exact) mass is 377 g/mol. The van der Waals surface area contributed by atoms with Crippen LogP contribution in [0, 0.1) is 12.7 Å². The third-order valence-electron chi connectivity index (χ3n) is 4.16. The average molecular weight is 377 g/mol. The molecule has 0 unspecified atom stereocenters. The Bertz CT molecular complexity index is 1090. The summed E-state index contributed by atoms with van der Waals surface area (Å²) in [5.74, 6) is -0.601. The van der Waals surface area contributed by atoms with Crippen molar-refractivity contribution in [2.45, 2.75) is 13.5 Å². The fourth-order valence-corrected chi connectivity index (χ4v) is 3.85. The van der Waals surface area contributed by atoms with Crippen LogP contribution in [-0.2, 0) is 6.54 Å². The van der Waals surface area contributed by atoms with Crippen molar-refractivity contribution in [3.05, 3.63) is 89.5 Å². The highest BCUT2D eigenvalue weighted by Crippen LogP contribution is 2.31. The third kappa shape index (κ3) is 3.71. The Morgan fingerprint density at radius 1 is 1.15 bits per heavy atom. The van der Waals surface area contributed by atoms with Crippen LogP contribution in [0.3, 0.4) is 0 Å². The van der Waals surface area contributed by atoms with Crippen molar-refractivity contribution in [1.82, 2.24) is 9.97 Å². The van der Waals surface area contributed by atoms with Gasteiger partial charge in [-0.25, -0.2) is 9.37 Å². The van der Waals surface area contributed by atoms with Gasteiger partial charge in [0, 0.05) is 18.0 Å². The number of rotatable bonds is 4. The Morgan fingerprint density at radius 2 is 1.96 bits per heavy atom. The topological polar surface area (TPSA) is 46.1 Å². The smallest absolute Gasteiger partial charge is 0.260 e. The zero-order chi connectivity index (χ0) is 18.8. The van der Waals surface area contributed by atoms with E-state index in [9.17, 15) is 9.18 Å². The lowest BCUT2D eigenvalue weighted by Crippen LogP contribution is -2.30. The van der Waals surface area contributed by atoms with Gasteiger partial charge in [0.2, 0.25) is 0 Å². The first-order valence-electron chi connectivity index (χ1n) is 8.44. The molecule has 4 nitrogen and oxygen atoms in total. The molecule has 0 radical (unpaired) electrons. The van der Waals surface area contributed by atoms with Gasteiger partial charge >= 0.3 is 0 Å². The molecule has 134 valence electrons. The zero-order valence-electron chi connectivity index (χ0n) is 14.6. The third-order valence-corrected chi connectivity index (χ3v) is 5.20. The molecule has 0 aliphatic heterocycles. The molecule has 0 saturated carbocycles. The van der Waals surface area contributed by atoms with Crippen molar-refractivity contribution in [3.8, 4) is 0 Å². The quantitative estimate of drug-likeness (QED) is 0.504. The number of hydrogen-bond acceptors (Lipinski definition) is 4. The molecule has 2 heterocycles. The normalized spacial score (nSPS) is 10.9. The SMILES string of the molecule is Cc1ccc2nc(N(Cc3cccnc3)C(=O)c3ccc(F)cc3)sc2c1. The first-order valence-corrected chi connectivity index (χ1v) is 9.25. The number of pyridine rings is 1. The minimum absolute atomic E-state index is 0.227. The molecule has 1 amide bonds. The fraction of sp³-hybridized carbons (Fsp3) is 0.0952. The lowest BCUT2D eigenvalue weighted by Gasteiger charge is -2.20. The Labute approximate surface area is 159 Å². The number of carbonyl (C=O) groups excluding carboxylic acids is 1. The van der Waals surface area contributed by atoms with Gasteiger partial charge in [-0.05, 0) is 60.5 Å². The summed E-state index contributed by atoms with van der Waals surface area (Å²) in [6.07, 6.45) is 3.42. The molecule has 4 aromatic rings. The summed E-state index contributed by atoms with van der Waals surface area (Å²) in [6, 6.07) is 15.3. The van der Waals surface area contributed by atoms with Crippen LogP contribution in [0.4, 0.5) is 9.52 Å². The van der Waals surface area contributed by atoms with E-state index in [1.54, 1.807) is 17.3 Å². The number of amides is 1. The predicted molar refractivity (Wildman–Crippen MR) is 106 cm³/mol. The van der Waals surface area contributed by atoms with Gasteiger partial charge in [-0.3, -0.25) is 14.7 Å². The molecule has 0 saturated heterocycles. The van der Waals surface area contributed by atoms with Crippen LogP contribution in [0.1, 0.15) is 21.5 Å².